The first kappa shape index (κ1) is 9.77. The van der Waals surface area contributed by atoms with E-state index in [9.17, 15) is 0 Å². The minimum Gasteiger partial charge on any atom is -0.373 e. The van der Waals surface area contributed by atoms with Gasteiger partial charge in [0.05, 0.1) is 0 Å². The van der Waals surface area contributed by atoms with Crippen LogP contribution in [-0.2, 0) is 0 Å². The van der Waals surface area contributed by atoms with Gasteiger partial charge in [-0.2, -0.15) is 0 Å². The van der Waals surface area contributed by atoms with E-state index in [2.05, 4.69) is 34.4 Å². The van der Waals surface area contributed by atoms with Crippen LogP contribution < -0.4 is 10.6 Å². The van der Waals surface area contributed by atoms with Crippen molar-refractivity contribution in [1.29, 1.82) is 0 Å². The molecule has 0 radical (unpaired) electrons. The van der Waals surface area contributed by atoms with Crippen LogP contribution in [0.2, 0.25) is 0 Å². The maximum atomic E-state index is 4.34. The molecule has 1 aromatic heterocycles. The van der Waals surface area contributed by atoms with Crippen molar-refractivity contribution in [2.45, 2.75) is 19.8 Å². The molecule has 0 atom stereocenters. The summed E-state index contributed by atoms with van der Waals surface area (Å²) in [4.78, 5) is 8.67. The molecule has 13 heavy (non-hydrogen) atoms. The van der Waals surface area contributed by atoms with Crippen LogP contribution in [0, 0.1) is 0 Å². The fourth-order valence-electron chi connectivity index (χ4n) is 0.980. The van der Waals surface area contributed by atoms with Gasteiger partial charge in [0, 0.05) is 26.1 Å². The van der Waals surface area contributed by atoms with Gasteiger partial charge in [-0.15, -0.1) is 0 Å². The SMILES string of the molecule is CNc1cc(NC)nc(C(C)C)n1. The average Bonchev–Trinajstić information content (AvgIpc) is 2.16. The predicted molar refractivity (Wildman–Crippen MR) is 55.2 cm³/mol. The van der Waals surface area contributed by atoms with Crippen molar-refractivity contribution in [2.75, 3.05) is 24.7 Å². The number of aromatic nitrogens is 2. The summed E-state index contributed by atoms with van der Waals surface area (Å²) in [5, 5.41) is 6.01. The highest BCUT2D eigenvalue weighted by Crippen LogP contribution is 2.15. The number of nitrogens with one attached hydrogen (secondary N) is 2. The van der Waals surface area contributed by atoms with Gasteiger partial charge in [-0.3, -0.25) is 0 Å². The van der Waals surface area contributed by atoms with Crippen LogP contribution >= 0.6 is 0 Å². The van der Waals surface area contributed by atoms with Crippen LogP contribution in [0.1, 0.15) is 25.6 Å². The highest BCUT2D eigenvalue weighted by molar-refractivity contribution is 5.46. The summed E-state index contributed by atoms with van der Waals surface area (Å²) in [6.45, 7) is 4.16. The molecule has 1 heterocycles. The van der Waals surface area contributed by atoms with Gasteiger partial charge in [-0.05, 0) is 0 Å². The van der Waals surface area contributed by atoms with Gasteiger partial charge in [0.1, 0.15) is 17.5 Å². The molecule has 0 aliphatic carbocycles. The number of hydrogen-bond donors (Lipinski definition) is 2. The second-order valence-corrected chi connectivity index (χ2v) is 3.15. The minimum absolute atomic E-state index is 0.348. The molecule has 2 N–H and O–H groups in total. The molecule has 0 saturated carbocycles. The van der Waals surface area contributed by atoms with E-state index < -0.39 is 0 Å². The molecular formula is C9H16N4. The van der Waals surface area contributed by atoms with Crippen molar-refractivity contribution >= 4 is 11.6 Å². The van der Waals surface area contributed by atoms with Gasteiger partial charge in [0.15, 0.2) is 0 Å². The average molecular weight is 180 g/mol. The van der Waals surface area contributed by atoms with Crippen LogP contribution in [0.4, 0.5) is 11.6 Å². The third-order valence-electron chi connectivity index (χ3n) is 1.77. The zero-order chi connectivity index (χ0) is 9.84. The molecule has 0 aromatic carbocycles. The molecule has 0 fully saturated rings. The molecule has 0 amide bonds. The molecule has 0 bridgehead atoms. The van der Waals surface area contributed by atoms with E-state index in [1.54, 1.807) is 0 Å². The van der Waals surface area contributed by atoms with Crippen LogP contribution in [0.15, 0.2) is 6.07 Å². The van der Waals surface area contributed by atoms with Gasteiger partial charge in [0.25, 0.3) is 0 Å². The van der Waals surface area contributed by atoms with Crippen molar-refractivity contribution < 1.29 is 0 Å². The summed E-state index contributed by atoms with van der Waals surface area (Å²) < 4.78 is 0. The third kappa shape index (κ3) is 2.31. The number of hydrogen-bond acceptors (Lipinski definition) is 4. The van der Waals surface area contributed by atoms with Crippen LogP contribution in [0.25, 0.3) is 0 Å². The summed E-state index contributed by atoms with van der Waals surface area (Å²) in [5.74, 6) is 2.91. The maximum absolute atomic E-state index is 4.34. The van der Waals surface area contributed by atoms with Crippen LogP contribution in [-0.4, -0.2) is 24.1 Å². The Morgan fingerprint density at radius 3 is 1.85 bits per heavy atom. The van der Waals surface area contributed by atoms with Gasteiger partial charge < -0.3 is 10.6 Å². The Kier molecular flexibility index (Phi) is 3.06. The lowest BCUT2D eigenvalue weighted by Crippen LogP contribution is -2.04. The highest BCUT2D eigenvalue weighted by Gasteiger charge is 2.05. The van der Waals surface area contributed by atoms with Gasteiger partial charge in [0.2, 0.25) is 0 Å². The van der Waals surface area contributed by atoms with E-state index in [0.29, 0.717) is 5.92 Å². The number of nitrogens with zero attached hydrogens (tertiary/aromatic N) is 2. The maximum Gasteiger partial charge on any atom is 0.135 e. The molecular weight excluding hydrogens is 164 g/mol. The first-order valence-electron chi connectivity index (χ1n) is 4.42. The molecule has 0 unspecified atom stereocenters. The Hall–Kier alpha value is -1.32. The summed E-state index contributed by atoms with van der Waals surface area (Å²) in [6, 6.07) is 1.88. The second kappa shape index (κ2) is 4.07. The van der Waals surface area contributed by atoms with Crippen LogP contribution in [0.5, 0.6) is 0 Å². The monoisotopic (exact) mass is 180 g/mol. The first-order valence-corrected chi connectivity index (χ1v) is 4.42. The lowest BCUT2D eigenvalue weighted by Gasteiger charge is -2.08. The Morgan fingerprint density at radius 1 is 1.08 bits per heavy atom. The molecule has 4 nitrogen and oxygen atoms in total. The van der Waals surface area contributed by atoms with Gasteiger partial charge >= 0.3 is 0 Å². The fraction of sp³-hybridized carbons (Fsp3) is 0.556. The Balaban J connectivity index is 3.07. The Morgan fingerprint density at radius 2 is 1.54 bits per heavy atom. The van der Waals surface area contributed by atoms with E-state index in [-0.39, 0.29) is 0 Å². The van der Waals surface area contributed by atoms with E-state index in [4.69, 9.17) is 0 Å². The normalized spacial score (nSPS) is 10.2. The fourth-order valence-corrected chi connectivity index (χ4v) is 0.980. The smallest absolute Gasteiger partial charge is 0.135 e. The molecule has 0 saturated heterocycles. The molecule has 0 spiro atoms. The summed E-state index contributed by atoms with van der Waals surface area (Å²) >= 11 is 0. The highest BCUT2D eigenvalue weighted by atomic mass is 15.1. The summed E-state index contributed by atoms with van der Waals surface area (Å²) in [6.07, 6.45) is 0. The van der Waals surface area contributed by atoms with E-state index in [1.165, 1.54) is 0 Å². The zero-order valence-corrected chi connectivity index (χ0v) is 8.55. The molecule has 0 aliphatic rings. The van der Waals surface area contributed by atoms with Gasteiger partial charge in [-0.25, -0.2) is 9.97 Å². The van der Waals surface area contributed by atoms with Crippen molar-refractivity contribution in [1.82, 2.24) is 9.97 Å². The topological polar surface area (TPSA) is 49.8 Å². The zero-order valence-electron chi connectivity index (χ0n) is 8.55. The Labute approximate surface area is 78.8 Å². The summed E-state index contributed by atoms with van der Waals surface area (Å²) in [5.41, 5.74) is 0. The Bertz CT molecular complexity index is 261. The first-order chi connectivity index (χ1) is 6.17. The van der Waals surface area contributed by atoms with Gasteiger partial charge in [-0.1, -0.05) is 13.8 Å². The van der Waals surface area contributed by atoms with Crippen molar-refractivity contribution in [3.8, 4) is 0 Å². The van der Waals surface area contributed by atoms with Crippen molar-refractivity contribution in [3.05, 3.63) is 11.9 Å². The summed E-state index contributed by atoms with van der Waals surface area (Å²) in [7, 11) is 3.71. The lowest BCUT2D eigenvalue weighted by atomic mass is 10.2. The quantitative estimate of drug-likeness (QED) is 0.743. The largest absolute Gasteiger partial charge is 0.373 e. The molecule has 72 valence electrons. The third-order valence-corrected chi connectivity index (χ3v) is 1.77. The van der Waals surface area contributed by atoms with Crippen molar-refractivity contribution in [2.24, 2.45) is 0 Å². The molecule has 4 heteroatoms. The number of anilines is 2. The lowest BCUT2D eigenvalue weighted by molar-refractivity contribution is 0.777. The predicted octanol–water partition coefficient (Wildman–Crippen LogP) is 1.68. The van der Waals surface area contributed by atoms with E-state index in [0.717, 1.165) is 17.5 Å². The van der Waals surface area contributed by atoms with Crippen molar-refractivity contribution in [3.63, 3.8) is 0 Å². The second-order valence-electron chi connectivity index (χ2n) is 3.15. The standard InChI is InChI=1S/C9H16N4/c1-6(2)9-12-7(10-3)5-8(11-4)13-9/h5-6H,1-4H3,(H2,10,11,12,13). The molecule has 1 rings (SSSR count). The molecule has 1 aromatic rings. The van der Waals surface area contributed by atoms with E-state index in [1.807, 2.05) is 20.2 Å². The number of rotatable bonds is 3. The van der Waals surface area contributed by atoms with Crippen LogP contribution in [0.3, 0.4) is 0 Å². The minimum atomic E-state index is 0.348. The van der Waals surface area contributed by atoms with E-state index >= 15 is 0 Å². The molecule has 0 aliphatic heterocycles.